The molecule has 0 radical (unpaired) electrons. The predicted octanol–water partition coefficient (Wildman–Crippen LogP) is 2.38. The highest BCUT2D eigenvalue weighted by Gasteiger charge is 2.71. The molecule has 0 bridgehead atoms. The van der Waals surface area contributed by atoms with Crippen LogP contribution in [0.4, 0.5) is 26.3 Å². The van der Waals surface area contributed by atoms with Crippen molar-refractivity contribution in [2.75, 3.05) is 0 Å². The van der Waals surface area contributed by atoms with Gasteiger partial charge in [-0.25, -0.2) is 0 Å². The molecule has 0 aromatic heterocycles. The van der Waals surface area contributed by atoms with Gasteiger partial charge in [-0.3, -0.25) is 4.21 Å². The summed E-state index contributed by atoms with van der Waals surface area (Å²) in [5.41, 5.74) is -6.44. The first-order valence-corrected chi connectivity index (χ1v) is 6.15. The molecule has 20 heavy (non-hydrogen) atoms. The Kier molecular flexibility index (Phi) is 4.52. The van der Waals surface area contributed by atoms with Gasteiger partial charge in [0, 0.05) is 11.3 Å². The van der Waals surface area contributed by atoms with Crippen LogP contribution < -0.4 is 0 Å². The molecule has 0 saturated carbocycles. The minimum absolute atomic E-state index is 0.00576. The molecule has 1 rings (SSSR count). The molecule has 0 spiro atoms. The summed E-state index contributed by atoms with van der Waals surface area (Å²) in [5, 5.41) is 9.06. The number of aliphatic hydroxyl groups is 1. The maximum atomic E-state index is 12.5. The van der Waals surface area contributed by atoms with Crippen LogP contribution in [0.5, 0.6) is 0 Å². The third-order valence-corrected chi connectivity index (χ3v) is 3.05. The van der Waals surface area contributed by atoms with Crippen LogP contribution >= 0.6 is 0 Å². The molecule has 1 atom stereocenters. The molecule has 1 N–H and O–H groups in total. The van der Waals surface area contributed by atoms with Crippen molar-refractivity contribution < 1.29 is 40.2 Å². The van der Waals surface area contributed by atoms with E-state index < -0.39 is 40.4 Å². The maximum Gasteiger partial charge on any atom is 0.430 e. The fraction of sp³-hybridized carbons (Fsp3) is 0.400. The first-order valence-electron chi connectivity index (χ1n) is 4.90. The minimum atomic E-state index is -5.96. The Bertz CT molecular complexity index is 479. The molecule has 0 saturated heterocycles. The maximum absolute atomic E-state index is 12.5. The highest BCUT2D eigenvalue weighted by Crippen LogP contribution is 2.49. The van der Waals surface area contributed by atoms with E-state index in [0.29, 0.717) is 12.1 Å². The van der Waals surface area contributed by atoms with E-state index in [1.54, 1.807) is 0 Å². The van der Waals surface area contributed by atoms with Gasteiger partial charge in [0.2, 0.25) is 0 Å². The molecule has 0 heterocycles. The van der Waals surface area contributed by atoms with E-state index >= 15 is 0 Å². The number of alkyl halides is 6. The minimum Gasteiger partial charge on any atom is -0.772 e. The van der Waals surface area contributed by atoms with Crippen LogP contribution in [0.15, 0.2) is 24.3 Å². The molecule has 0 fully saturated rings. The Morgan fingerprint density at radius 1 is 1.00 bits per heavy atom. The summed E-state index contributed by atoms with van der Waals surface area (Å²) in [4.78, 5) is 0. The Balaban J connectivity index is 3.27. The second kappa shape index (κ2) is 5.34. The molecular weight excluding hydrogens is 314 g/mol. The first-order chi connectivity index (χ1) is 8.89. The molecule has 3 nitrogen and oxygen atoms in total. The molecule has 0 aliphatic rings. The average Bonchev–Trinajstić information content (AvgIpc) is 2.25. The highest BCUT2D eigenvalue weighted by atomic mass is 32.2. The lowest BCUT2D eigenvalue weighted by atomic mass is 9.92. The van der Waals surface area contributed by atoms with Gasteiger partial charge in [0.1, 0.15) is 0 Å². The number of rotatable bonds is 3. The molecular formula is C10H7F6O3S-. The molecule has 1 aromatic rings. The van der Waals surface area contributed by atoms with Crippen LogP contribution in [0.1, 0.15) is 11.1 Å². The van der Waals surface area contributed by atoms with Crippen LogP contribution in [0, 0.1) is 0 Å². The van der Waals surface area contributed by atoms with Crippen molar-refractivity contribution in [1.82, 2.24) is 0 Å². The SMILES string of the molecule is O=S([O-])Cc1ccc(C(O)(C(F)(F)F)C(F)(F)F)cc1. The Hall–Kier alpha value is -1.13. The Morgan fingerprint density at radius 3 is 1.70 bits per heavy atom. The summed E-state index contributed by atoms with van der Waals surface area (Å²) >= 11 is -2.54. The van der Waals surface area contributed by atoms with E-state index in [9.17, 15) is 35.1 Å². The lowest BCUT2D eigenvalue weighted by Crippen LogP contribution is -2.53. The number of hydrogen-bond donors (Lipinski definition) is 1. The van der Waals surface area contributed by atoms with Crippen LogP contribution in [0.2, 0.25) is 0 Å². The molecule has 10 heteroatoms. The Morgan fingerprint density at radius 2 is 1.40 bits per heavy atom. The van der Waals surface area contributed by atoms with Crippen molar-refractivity contribution in [3.8, 4) is 0 Å². The van der Waals surface area contributed by atoms with Crippen molar-refractivity contribution in [3.05, 3.63) is 35.4 Å². The summed E-state index contributed by atoms with van der Waals surface area (Å²) in [6, 6.07) is 2.33. The molecule has 0 aliphatic heterocycles. The van der Waals surface area contributed by atoms with E-state index in [4.69, 9.17) is 5.11 Å². The fourth-order valence-corrected chi connectivity index (χ4v) is 1.93. The fourth-order valence-electron chi connectivity index (χ4n) is 1.47. The summed E-state index contributed by atoms with van der Waals surface area (Å²) in [6.07, 6.45) is -11.9. The normalized spacial score (nSPS) is 15.2. The number of hydrogen-bond acceptors (Lipinski definition) is 3. The van der Waals surface area contributed by atoms with Crippen LogP contribution in [-0.2, 0) is 22.4 Å². The zero-order valence-electron chi connectivity index (χ0n) is 9.46. The van der Waals surface area contributed by atoms with E-state index in [0.717, 1.165) is 12.1 Å². The molecule has 1 aromatic carbocycles. The standard InChI is InChI=1S/C10H8F6O3S/c11-9(12,13)8(17,10(14,15)16)7-3-1-6(2-4-7)5-20(18)19/h1-4,17H,5H2,(H,18,19)/p-1. The highest BCUT2D eigenvalue weighted by molar-refractivity contribution is 7.78. The van der Waals surface area contributed by atoms with Gasteiger partial charge in [-0.05, 0) is 5.56 Å². The summed E-state index contributed by atoms with van der Waals surface area (Å²) in [7, 11) is 0. The van der Waals surface area contributed by atoms with Crippen LogP contribution in [-0.4, -0.2) is 26.2 Å². The smallest absolute Gasteiger partial charge is 0.430 e. The van der Waals surface area contributed by atoms with Crippen molar-refractivity contribution in [2.24, 2.45) is 0 Å². The number of halogens is 6. The zero-order valence-corrected chi connectivity index (χ0v) is 10.3. The van der Waals surface area contributed by atoms with Gasteiger partial charge >= 0.3 is 12.4 Å². The van der Waals surface area contributed by atoms with E-state index in [1.807, 2.05) is 0 Å². The summed E-state index contributed by atoms with van der Waals surface area (Å²) in [6.45, 7) is 0. The van der Waals surface area contributed by atoms with Gasteiger partial charge in [-0.2, -0.15) is 26.3 Å². The van der Waals surface area contributed by atoms with Crippen molar-refractivity contribution in [3.63, 3.8) is 0 Å². The quantitative estimate of drug-likeness (QED) is 0.687. The zero-order chi connectivity index (χ0) is 15.8. The summed E-state index contributed by atoms with van der Waals surface area (Å²) in [5.74, 6) is -0.559. The second-order valence-electron chi connectivity index (χ2n) is 3.85. The molecule has 1 unspecified atom stereocenters. The third-order valence-electron chi connectivity index (χ3n) is 2.48. The van der Waals surface area contributed by atoms with Crippen LogP contribution in [0.3, 0.4) is 0 Å². The predicted molar refractivity (Wildman–Crippen MR) is 55.1 cm³/mol. The first kappa shape index (κ1) is 16.9. The third kappa shape index (κ3) is 3.13. The van der Waals surface area contributed by atoms with Gasteiger partial charge in [0.25, 0.3) is 5.60 Å². The second-order valence-corrected chi connectivity index (χ2v) is 4.75. The monoisotopic (exact) mass is 321 g/mol. The largest absolute Gasteiger partial charge is 0.772 e. The van der Waals surface area contributed by atoms with Crippen molar-refractivity contribution in [1.29, 1.82) is 0 Å². The molecule has 0 amide bonds. The summed E-state index contributed by atoms with van der Waals surface area (Å²) < 4.78 is 95.9. The van der Waals surface area contributed by atoms with E-state index in [1.165, 1.54) is 0 Å². The molecule has 0 aliphatic carbocycles. The number of benzene rings is 1. The van der Waals surface area contributed by atoms with Gasteiger partial charge in [-0.15, -0.1) is 0 Å². The van der Waals surface area contributed by atoms with Gasteiger partial charge in [0.05, 0.1) is 0 Å². The van der Waals surface area contributed by atoms with Gasteiger partial charge < -0.3 is 9.66 Å². The van der Waals surface area contributed by atoms with Crippen LogP contribution in [0.25, 0.3) is 0 Å². The average molecular weight is 321 g/mol. The van der Waals surface area contributed by atoms with Crippen molar-refractivity contribution in [2.45, 2.75) is 23.7 Å². The topological polar surface area (TPSA) is 60.4 Å². The molecule has 114 valence electrons. The van der Waals surface area contributed by atoms with Gasteiger partial charge in [0.15, 0.2) is 0 Å². The van der Waals surface area contributed by atoms with E-state index in [2.05, 4.69) is 0 Å². The van der Waals surface area contributed by atoms with Gasteiger partial charge in [-0.1, -0.05) is 35.3 Å². The lowest BCUT2D eigenvalue weighted by molar-refractivity contribution is -0.376. The lowest BCUT2D eigenvalue weighted by Gasteiger charge is -2.32. The van der Waals surface area contributed by atoms with E-state index in [-0.39, 0.29) is 5.56 Å². The Labute approximate surface area is 111 Å². The van der Waals surface area contributed by atoms with Crippen molar-refractivity contribution >= 4 is 11.1 Å².